The van der Waals surface area contributed by atoms with Crippen LogP contribution in [0.25, 0.3) is 0 Å². The van der Waals surface area contributed by atoms with E-state index in [9.17, 15) is 14.3 Å². The van der Waals surface area contributed by atoms with Gasteiger partial charge in [-0.15, -0.1) is 0 Å². The molecular formula is C12H16FN3O2. The molecule has 1 saturated heterocycles. The van der Waals surface area contributed by atoms with Crippen molar-refractivity contribution in [2.75, 3.05) is 33.2 Å². The molecule has 0 saturated carbocycles. The fourth-order valence-electron chi connectivity index (χ4n) is 1.81. The summed E-state index contributed by atoms with van der Waals surface area (Å²) in [7, 11) is 2.01. The molecule has 1 aromatic carbocycles. The Kier molecular flexibility index (Phi) is 3.78. The van der Waals surface area contributed by atoms with Crippen LogP contribution in [0.5, 0.6) is 5.75 Å². The largest absolute Gasteiger partial charge is 0.507 e. The number of carbonyl (C=O) groups is 1. The summed E-state index contributed by atoms with van der Waals surface area (Å²) in [6.07, 6.45) is 0. The third kappa shape index (κ3) is 2.96. The summed E-state index contributed by atoms with van der Waals surface area (Å²) in [5.74, 6) is -1.25. The van der Waals surface area contributed by atoms with Gasteiger partial charge < -0.3 is 10.0 Å². The number of halogens is 1. The summed E-state index contributed by atoms with van der Waals surface area (Å²) in [4.78, 5) is 14.0. The molecule has 6 heteroatoms. The highest BCUT2D eigenvalue weighted by Crippen LogP contribution is 2.17. The lowest BCUT2D eigenvalue weighted by molar-refractivity contribution is 0.0659. The van der Waals surface area contributed by atoms with Crippen LogP contribution >= 0.6 is 0 Å². The van der Waals surface area contributed by atoms with Gasteiger partial charge in [-0.05, 0) is 25.2 Å². The first-order valence-electron chi connectivity index (χ1n) is 5.79. The first kappa shape index (κ1) is 12.8. The third-order valence-corrected chi connectivity index (χ3v) is 2.97. The zero-order valence-corrected chi connectivity index (χ0v) is 10.2. The fraction of sp³-hybridized carbons (Fsp3) is 0.417. The molecule has 1 fully saturated rings. The second-order valence-corrected chi connectivity index (χ2v) is 4.39. The molecule has 98 valence electrons. The van der Waals surface area contributed by atoms with E-state index in [0.29, 0.717) is 13.1 Å². The Morgan fingerprint density at radius 1 is 1.33 bits per heavy atom. The average molecular weight is 253 g/mol. The van der Waals surface area contributed by atoms with Crippen molar-refractivity contribution >= 4 is 5.91 Å². The van der Waals surface area contributed by atoms with Gasteiger partial charge in [0.05, 0.1) is 5.56 Å². The van der Waals surface area contributed by atoms with E-state index in [-0.39, 0.29) is 11.3 Å². The molecule has 5 nitrogen and oxygen atoms in total. The van der Waals surface area contributed by atoms with Gasteiger partial charge in [0, 0.05) is 26.2 Å². The molecule has 0 atom stereocenters. The maximum Gasteiger partial charge on any atom is 0.269 e. The Bertz CT molecular complexity index is 445. The van der Waals surface area contributed by atoms with Crippen molar-refractivity contribution in [1.29, 1.82) is 0 Å². The molecule has 1 aromatic rings. The van der Waals surface area contributed by atoms with E-state index in [2.05, 4.69) is 10.3 Å². The second kappa shape index (κ2) is 5.32. The van der Waals surface area contributed by atoms with Gasteiger partial charge in [-0.1, -0.05) is 0 Å². The van der Waals surface area contributed by atoms with Crippen molar-refractivity contribution in [3.8, 4) is 5.75 Å². The SMILES string of the molecule is CN1CCN(NC(=O)c2cc(F)ccc2O)CC1. The molecule has 1 aliphatic rings. The van der Waals surface area contributed by atoms with Gasteiger partial charge in [0.15, 0.2) is 0 Å². The number of aromatic hydroxyl groups is 1. The van der Waals surface area contributed by atoms with Gasteiger partial charge in [0.25, 0.3) is 5.91 Å². The van der Waals surface area contributed by atoms with Gasteiger partial charge >= 0.3 is 0 Å². The summed E-state index contributed by atoms with van der Waals surface area (Å²) in [6.45, 7) is 3.13. The first-order chi connectivity index (χ1) is 8.56. The molecule has 2 N–H and O–H groups in total. The predicted molar refractivity (Wildman–Crippen MR) is 64.6 cm³/mol. The number of rotatable bonds is 2. The van der Waals surface area contributed by atoms with Crippen LogP contribution in [0, 0.1) is 5.82 Å². The Morgan fingerprint density at radius 3 is 2.67 bits per heavy atom. The summed E-state index contributed by atoms with van der Waals surface area (Å²) in [5, 5.41) is 11.3. The number of nitrogens with one attached hydrogen (secondary N) is 1. The molecule has 0 bridgehead atoms. The number of likely N-dealkylation sites (N-methyl/N-ethyl adjacent to an activating group) is 1. The monoisotopic (exact) mass is 253 g/mol. The van der Waals surface area contributed by atoms with Gasteiger partial charge in [0.1, 0.15) is 11.6 Å². The predicted octanol–water partition coefficient (Wildman–Crippen LogP) is 0.423. The topological polar surface area (TPSA) is 55.8 Å². The number of hydrogen-bond donors (Lipinski definition) is 2. The molecule has 2 rings (SSSR count). The number of piperazine rings is 1. The van der Waals surface area contributed by atoms with E-state index in [1.54, 1.807) is 5.01 Å². The molecule has 1 heterocycles. The number of benzene rings is 1. The molecule has 0 unspecified atom stereocenters. The zero-order chi connectivity index (χ0) is 13.1. The summed E-state index contributed by atoms with van der Waals surface area (Å²) in [5.41, 5.74) is 2.62. The number of hydrogen-bond acceptors (Lipinski definition) is 4. The summed E-state index contributed by atoms with van der Waals surface area (Å²) in [6, 6.07) is 3.32. The van der Waals surface area contributed by atoms with E-state index in [4.69, 9.17) is 0 Å². The molecule has 18 heavy (non-hydrogen) atoms. The fourth-order valence-corrected chi connectivity index (χ4v) is 1.81. The van der Waals surface area contributed by atoms with Crippen molar-refractivity contribution in [3.05, 3.63) is 29.6 Å². The highest BCUT2D eigenvalue weighted by atomic mass is 19.1. The molecule has 0 aromatic heterocycles. The van der Waals surface area contributed by atoms with E-state index < -0.39 is 11.7 Å². The minimum absolute atomic E-state index is 0.0473. The van der Waals surface area contributed by atoms with E-state index in [0.717, 1.165) is 25.2 Å². The standard InChI is InChI=1S/C12H16FN3O2/c1-15-4-6-16(7-5-15)14-12(18)10-8-9(13)2-3-11(10)17/h2-3,8,17H,4-7H2,1H3,(H,14,18). The lowest BCUT2D eigenvalue weighted by atomic mass is 10.2. The second-order valence-electron chi connectivity index (χ2n) is 4.39. The average Bonchev–Trinajstić information content (AvgIpc) is 2.35. The van der Waals surface area contributed by atoms with Crippen LogP contribution in [-0.4, -0.2) is 54.1 Å². The molecule has 0 radical (unpaired) electrons. The Morgan fingerprint density at radius 2 is 2.00 bits per heavy atom. The van der Waals surface area contributed by atoms with E-state index >= 15 is 0 Å². The van der Waals surface area contributed by atoms with Crippen LogP contribution < -0.4 is 5.43 Å². The molecule has 0 spiro atoms. The minimum atomic E-state index is -0.545. The van der Waals surface area contributed by atoms with Crippen molar-refractivity contribution in [2.24, 2.45) is 0 Å². The van der Waals surface area contributed by atoms with Crippen LogP contribution in [0.15, 0.2) is 18.2 Å². The minimum Gasteiger partial charge on any atom is -0.507 e. The maximum atomic E-state index is 13.0. The van der Waals surface area contributed by atoms with E-state index in [1.165, 1.54) is 6.07 Å². The quantitative estimate of drug-likeness (QED) is 0.802. The summed E-state index contributed by atoms with van der Waals surface area (Å²) >= 11 is 0. The number of amides is 1. The number of hydrazine groups is 1. The maximum absolute atomic E-state index is 13.0. The van der Waals surface area contributed by atoms with Crippen LogP contribution in [0.4, 0.5) is 4.39 Å². The first-order valence-corrected chi connectivity index (χ1v) is 5.79. The Labute approximate surface area is 105 Å². The Hall–Kier alpha value is -1.66. The Balaban J connectivity index is 2.01. The van der Waals surface area contributed by atoms with Crippen molar-refractivity contribution in [1.82, 2.24) is 15.3 Å². The molecule has 1 aliphatic heterocycles. The number of phenols is 1. The van der Waals surface area contributed by atoms with Gasteiger partial charge in [0.2, 0.25) is 0 Å². The smallest absolute Gasteiger partial charge is 0.269 e. The summed E-state index contributed by atoms with van der Waals surface area (Å²) < 4.78 is 13.0. The van der Waals surface area contributed by atoms with Crippen molar-refractivity contribution in [3.63, 3.8) is 0 Å². The number of nitrogens with zero attached hydrogens (tertiary/aromatic N) is 2. The normalized spacial score (nSPS) is 17.7. The lowest BCUT2D eigenvalue weighted by Crippen LogP contribution is -2.52. The van der Waals surface area contributed by atoms with Gasteiger partial charge in [-0.3, -0.25) is 10.2 Å². The number of carbonyl (C=O) groups excluding carboxylic acids is 1. The third-order valence-electron chi connectivity index (χ3n) is 2.97. The van der Waals surface area contributed by atoms with Gasteiger partial charge in [-0.25, -0.2) is 9.40 Å². The molecule has 0 aliphatic carbocycles. The van der Waals surface area contributed by atoms with Crippen LogP contribution in [0.1, 0.15) is 10.4 Å². The highest BCUT2D eigenvalue weighted by molar-refractivity contribution is 5.96. The van der Waals surface area contributed by atoms with Crippen LogP contribution in [-0.2, 0) is 0 Å². The van der Waals surface area contributed by atoms with Gasteiger partial charge in [-0.2, -0.15) is 0 Å². The lowest BCUT2D eigenvalue weighted by Gasteiger charge is -2.32. The zero-order valence-electron chi connectivity index (χ0n) is 10.2. The number of phenolic OH excluding ortho intramolecular Hbond substituents is 1. The molecule has 1 amide bonds. The highest BCUT2D eigenvalue weighted by Gasteiger charge is 2.18. The van der Waals surface area contributed by atoms with E-state index in [1.807, 2.05) is 7.05 Å². The van der Waals surface area contributed by atoms with Crippen LogP contribution in [0.2, 0.25) is 0 Å². The van der Waals surface area contributed by atoms with Crippen molar-refractivity contribution < 1.29 is 14.3 Å². The molecular weight excluding hydrogens is 237 g/mol. The van der Waals surface area contributed by atoms with Crippen molar-refractivity contribution in [2.45, 2.75) is 0 Å². The van der Waals surface area contributed by atoms with Crippen LogP contribution in [0.3, 0.4) is 0 Å².